The Morgan fingerprint density at radius 2 is 1.74 bits per heavy atom. The number of nitrogens with one attached hydrogen (secondary N) is 1. The Labute approximate surface area is 172 Å². The standard InChI is InChI=1S/C19H20BrClN2O3S/c20-15-6-4-14(5-7-15)13-23(18-3-1-2-12-22-19(18)24)27(25,26)17-10-8-16(21)9-11-17/h4-11,18H,1-3,12-13H2,(H,22,24). The Balaban J connectivity index is 2.01. The Hall–Kier alpha value is -1.41. The molecule has 1 aliphatic heterocycles. The number of benzene rings is 2. The first-order valence-corrected chi connectivity index (χ1v) is 11.3. The molecule has 3 rings (SSSR count). The molecule has 2 aromatic rings. The highest BCUT2D eigenvalue weighted by Crippen LogP contribution is 2.26. The van der Waals surface area contributed by atoms with E-state index in [0.717, 1.165) is 22.9 Å². The third kappa shape index (κ3) is 4.90. The van der Waals surface area contributed by atoms with Crippen molar-refractivity contribution in [3.8, 4) is 0 Å². The molecule has 1 atom stereocenters. The van der Waals surface area contributed by atoms with Crippen molar-refractivity contribution in [2.45, 2.75) is 36.7 Å². The van der Waals surface area contributed by atoms with Crippen molar-refractivity contribution in [2.75, 3.05) is 6.54 Å². The zero-order valence-electron chi connectivity index (χ0n) is 14.6. The molecule has 2 aromatic carbocycles. The Morgan fingerprint density at radius 1 is 1.07 bits per heavy atom. The predicted molar refractivity (Wildman–Crippen MR) is 109 cm³/mol. The van der Waals surface area contributed by atoms with Crippen LogP contribution in [0.3, 0.4) is 0 Å². The highest BCUT2D eigenvalue weighted by Gasteiger charge is 2.36. The van der Waals surface area contributed by atoms with Crippen LogP contribution in [0.2, 0.25) is 5.02 Å². The van der Waals surface area contributed by atoms with E-state index in [9.17, 15) is 13.2 Å². The van der Waals surface area contributed by atoms with Gasteiger partial charge in [-0.25, -0.2) is 8.42 Å². The normalized spacial score (nSPS) is 18.2. The first-order chi connectivity index (χ1) is 12.9. The summed E-state index contributed by atoms with van der Waals surface area (Å²) in [5, 5.41) is 3.29. The minimum Gasteiger partial charge on any atom is -0.355 e. The van der Waals surface area contributed by atoms with Gasteiger partial charge in [-0.05, 0) is 61.2 Å². The molecule has 5 nitrogen and oxygen atoms in total. The summed E-state index contributed by atoms with van der Waals surface area (Å²) in [7, 11) is -3.87. The Kier molecular flexibility index (Phi) is 6.57. The molecule has 1 heterocycles. The van der Waals surface area contributed by atoms with Gasteiger partial charge in [-0.15, -0.1) is 0 Å². The smallest absolute Gasteiger partial charge is 0.244 e. The molecule has 1 N–H and O–H groups in total. The van der Waals surface area contributed by atoms with Gasteiger partial charge in [0.2, 0.25) is 15.9 Å². The lowest BCUT2D eigenvalue weighted by molar-refractivity contribution is -0.124. The van der Waals surface area contributed by atoms with E-state index in [1.807, 2.05) is 24.3 Å². The summed E-state index contributed by atoms with van der Waals surface area (Å²) in [5.41, 5.74) is 0.813. The molecular formula is C19H20BrClN2O3S. The SMILES string of the molecule is O=C1NCCCCC1N(Cc1ccc(Br)cc1)S(=O)(=O)c1ccc(Cl)cc1. The molecule has 8 heteroatoms. The van der Waals surface area contributed by atoms with Crippen LogP contribution in [0.25, 0.3) is 0 Å². The molecule has 0 aliphatic carbocycles. The van der Waals surface area contributed by atoms with E-state index in [1.165, 1.54) is 16.4 Å². The van der Waals surface area contributed by atoms with Crippen molar-refractivity contribution >= 4 is 43.5 Å². The zero-order chi connectivity index (χ0) is 19.4. The van der Waals surface area contributed by atoms with Crippen LogP contribution in [0.5, 0.6) is 0 Å². The molecule has 0 radical (unpaired) electrons. The lowest BCUT2D eigenvalue weighted by Gasteiger charge is -2.29. The molecule has 144 valence electrons. The summed E-state index contributed by atoms with van der Waals surface area (Å²) in [4.78, 5) is 12.7. The van der Waals surface area contributed by atoms with Gasteiger partial charge in [-0.1, -0.05) is 39.7 Å². The van der Waals surface area contributed by atoms with Crippen molar-refractivity contribution in [3.05, 3.63) is 63.6 Å². The maximum Gasteiger partial charge on any atom is 0.244 e. The number of rotatable bonds is 5. The van der Waals surface area contributed by atoms with Crippen molar-refractivity contribution in [2.24, 2.45) is 0 Å². The maximum absolute atomic E-state index is 13.4. The fourth-order valence-corrected chi connectivity index (χ4v) is 5.07. The van der Waals surface area contributed by atoms with Crippen LogP contribution in [0.15, 0.2) is 57.9 Å². The molecule has 1 amide bonds. The number of carbonyl (C=O) groups excluding carboxylic acids is 1. The lowest BCUT2D eigenvalue weighted by Crippen LogP contribution is -2.48. The van der Waals surface area contributed by atoms with Crippen molar-refractivity contribution in [1.82, 2.24) is 9.62 Å². The van der Waals surface area contributed by atoms with Crippen LogP contribution in [0.1, 0.15) is 24.8 Å². The number of carbonyl (C=O) groups is 1. The molecule has 0 spiro atoms. The Morgan fingerprint density at radius 3 is 2.41 bits per heavy atom. The van der Waals surface area contributed by atoms with Crippen molar-refractivity contribution in [1.29, 1.82) is 0 Å². The first kappa shape index (κ1) is 20.3. The van der Waals surface area contributed by atoms with Crippen LogP contribution in [0, 0.1) is 0 Å². The number of sulfonamides is 1. The molecule has 0 saturated carbocycles. The van der Waals surface area contributed by atoms with E-state index in [-0.39, 0.29) is 17.3 Å². The predicted octanol–water partition coefficient (Wildman–Crippen LogP) is 3.96. The molecule has 0 aromatic heterocycles. The van der Waals surface area contributed by atoms with Gasteiger partial charge < -0.3 is 5.32 Å². The summed E-state index contributed by atoms with van der Waals surface area (Å²) >= 11 is 9.29. The second-order valence-corrected chi connectivity index (χ2v) is 9.68. The van der Waals surface area contributed by atoms with Gasteiger partial charge in [0.15, 0.2) is 0 Å². The van der Waals surface area contributed by atoms with Gasteiger partial charge >= 0.3 is 0 Å². The number of nitrogens with zero attached hydrogens (tertiary/aromatic N) is 1. The van der Waals surface area contributed by atoms with Crippen LogP contribution in [-0.4, -0.2) is 31.2 Å². The second-order valence-electron chi connectivity index (χ2n) is 6.43. The summed E-state index contributed by atoms with van der Waals surface area (Å²) in [5.74, 6) is -0.248. The summed E-state index contributed by atoms with van der Waals surface area (Å²) < 4.78 is 28.9. The molecular weight excluding hydrogens is 452 g/mol. The van der Waals surface area contributed by atoms with Crippen LogP contribution in [-0.2, 0) is 21.4 Å². The van der Waals surface area contributed by atoms with Crippen molar-refractivity contribution in [3.63, 3.8) is 0 Å². The fraction of sp³-hybridized carbons (Fsp3) is 0.316. The van der Waals surface area contributed by atoms with E-state index in [1.54, 1.807) is 12.1 Å². The molecule has 0 bridgehead atoms. The van der Waals surface area contributed by atoms with Gasteiger partial charge in [0, 0.05) is 22.6 Å². The molecule has 1 unspecified atom stereocenters. The number of hydrogen-bond acceptors (Lipinski definition) is 3. The Bertz CT molecular complexity index is 902. The van der Waals surface area contributed by atoms with Crippen LogP contribution in [0.4, 0.5) is 0 Å². The minimum atomic E-state index is -3.87. The maximum atomic E-state index is 13.4. The van der Waals surface area contributed by atoms with Gasteiger partial charge in [0.25, 0.3) is 0 Å². The van der Waals surface area contributed by atoms with E-state index in [2.05, 4.69) is 21.2 Å². The first-order valence-electron chi connectivity index (χ1n) is 8.67. The zero-order valence-corrected chi connectivity index (χ0v) is 17.7. The third-order valence-corrected chi connectivity index (χ3v) is 7.18. The van der Waals surface area contributed by atoms with E-state index in [0.29, 0.717) is 18.0 Å². The molecule has 27 heavy (non-hydrogen) atoms. The van der Waals surface area contributed by atoms with Gasteiger partial charge in [0.05, 0.1) is 4.90 Å². The van der Waals surface area contributed by atoms with E-state index < -0.39 is 16.1 Å². The largest absolute Gasteiger partial charge is 0.355 e. The van der Waals surface area contributed by atoms with Gasteiger partial charge in [0.1, 0.15) is 6.04 Å². The highest BCUT2D eigenvalue weighted by atomic mass is 79.9. The number of halogens is 2. The highest BCUT2D eigenvalue weighted by molar-refractivity contribution is 9.10. The van der Waals surface area contributed by atoms with Crippen LogP contribution < -0.4 is 5.32 Å². The fourth-order valence-electron chi connectivity index (χ4n) is 3.07. The molecule has 1 fully saturated rings. The minimum absolute atomic E-state index is 0.121. The number of hydrogen-bond donors (Lipinski definition) is 1. The lowest BCUT2D eigenvalue weighted by atomic mass is 10.1. The summed E-state index contributed by atoms with van der Waals surface area (Å²) in [6.07, 6.45) is 2.13. The summed E-state index contributed by atoms with van der Waals surface area (Å²) in [6, 6.07) is 12.7. The topological polar surface area (TPSA) is 66.5 Å². The van der Waals surface area contributed by atoms with E-state index in [4.69, 9.17) is 11.6 Å². The molecule has 1 saturated heterocycles. The summed E-state index contributed by atoms with van der Waals surface area (Å²) in [6.45, 7) is 0.693. The quantitative estimate of drug-likeness (QED) is 0.718. The van der Waals surface area contributed by atoms with Gasteiger partial charge in [-0.3, -0.25) is 4.79 Å². The number of amides is 1. The van der Waals surface area contributed by atoms with Crippen molar-refractivity contribution < 1.29 is 13.2 Å². The average Bonchev–Trinajstić information content (AvgIpc) is 2.86. The monoisotopic (exact) mass is 470 g/mol. The van der Waals surface area contributed by atoms with Crippen LogP contribution >= 0.6 is 27.5 Å². The third-order valence-electron chi connectivity index (χ3n) is 4.53. The average molecular weight is 472 g/mol. The molecule has 1 aliphatic rings. The second kappa shape index (κ2) is 8.73. The van der Waals surface area contributed by atoms with Gasteiger partial charge in [-0.2, -0.15) is 4.31 Å². The van der Waals surface area contributed by atoms with E-state index >= 15 is 0 Å².